The number of nitrogens with zero attached hydrogens (tertiary/aromatic N) is 2. The monoisotopic (exact) mass is 237 g/mol. The molecule has 0 aliphatic rings. The van der Waals surface area contributed by atoms with Crippen LogP contribution in [0, 0.1) is 0 Å². The number of hydrogen-bond donors (Lipinski definition) is 2. The molecular weight excluding hydrogens is 218 g/mol. The van der Waals surface area contributed by atoms with Crippen LogP contribution in [0.3, 0.4) is 0 Å². The highest BCUT2D eigenvalue weighted by Gasteiger charge is 2.03. The molecular formula is C12H19N3O2. The summed E-state index contributed by atoms with van der Waals surface area (Å²) in [6.07, 6.45) is 3.42. The molecule has 94 valence electrons. The molecule has 0 saturated carbocycles. The Morgan fingerprint density at radius 2 is 2.18 bits per heavy atom. The first-order valence-electron chi connectivity index (χ1n) is 5.67. The Kier molecular flexibility index (Phi) is 5.42. The van der Waals surface area contributed by atoms with Gasteiger partial charge in [-0.1, -0.05) is 0 Å². The van der Waals surface area contributed by atoms with Crippen LogP contribution >= 0.6 is 0 Å². The minimum atomic E-state index is -0.0437. The molecule has 0 aliphatic heterocycles. The zero-order valence-corrected chi connectivity index (χ0v) is 10.3. The fraction of sp³-hybridized carbons (Fsp3) is 0.500. The van der Waals surface area contributed by atoms with Crippen LogP contribution in [0.2, 0.25) is 0 Å². The maximum Gasteiger partial charge on any atom is 0.224 e. The topological polar surface area (TPSA) is 65.5 Å². The molecule has 0 spiro atoms. The highest BCUT2D eigenvalue weighted by atomic mass is 16.2. The van der Waals surface area contributed by atoms with E-state index in [0.29, 0.717) is 24.9 Å². The maximum atomic E-state index is 11.5. The van der Waals surface area contributed by atoms with Gasteiger partial charge < -0.3 is 15.3 Å². The third-order valence-corrected chi connectivity index (χ3v) is 2.30. The molecule has 0 aliphatic carbocycles. The lowest BCUT2D eigenvalue weighted by molar-refractivity contribution is -0.116. The summed E-state index contributed by atoms with van der Waals surface area (Å²) < 4.78 is 0. The van der Waals surface area contributed by atoms with Crippen molar-refractivity contribution in [2.75, 3.05) is 30.9 Å². The molecule has 0 aromatic carbocycles. The fourth-order valence-electron chi connectivity index (χ4n) is 1.35. The number of carbonyl (C=O) groups excluding carboxylic acids is 1. The van der Waals surface area contributed by atoms with Crippen molar-refractivity contribution in [2.45, 2.75) is 19.3 Å². The van der Waals surface area contributed by atoms with Gasteiger partial charge >= 0.3 is 0 Å². The Hall–Kier alpha value is -1.62. The maximum absolute atomic E-state index is 11.5. The van der Waals surface area contributed by atoms with Gasteiger partial charge in [-0.05, 0) is 25.0 Å². The summed E-state index contributed by atoms with van der Waals surface area (Å²) >= 11 is 0. The van der Waals surface area contributed by atoms with E-state index in [1.54, 1.807) is 6.20 Å². The van der Waals surface area contributed by atoms with Crippen molar-refractivity contribution in [1.82, 2.24) is 4.98 Å². The number of unbranched alkanes of at least 4 members (excludes halogenated alkanes) is 1. The van der Waals surface area contributed by atoms with Gasteiger partial charge in [0.2, 0.25) is 5.91 Å². The normalized spacial score (nSPS) is 10.1. The Morgan fingerprint density at radius 1 is 1.41 bits per heavy atom. The van der Waals surface area contributed by atoms with Crippen molar-refractivity contribution < 1.29 is 9.90 Å². The molecule has 1 rings (SSSR count). The molecule has 0 fully saturated rings. The zero-order valence-electron chi connectivity index (χ0n) is 10.3. The van der Waals surface area contributed by atoms with Gasteiger partial charge in [0.25, 0.3) is 0 Å². The molecule has 1 aromatic rings. The Labute approximate surface area is 101 Å². The molecule has 17 heavy (non-hydrogen) atoms. The van der Waals surface area contributed by atoms with E-state index in [-0.39, 0.29) is 12.5 Å². The van der Waals surface area contributed by atoms with Gasteiger partial charge in [-0.2, -0.15) is 0 Å². The average molecular weight is 237 g/mol. The number of hydrogen-bond acceptors (Lipinski definition) is 4. The summed E-state index contributed by atoms with van der Waals surface area (Å²) in [5.41, 5.74) is 0.699. The van der Waals surface area contributed by atoms with E-state index < -0.39 is 0 Å². The van der Waals surface area contributed by atoms with Crippen molar-refractivity contribution in [2.24, 2.45) is 0 Å². The smallest absolute Gasteiger partial charge is 0.224 e. The standard InChI is InChI=1S/C12H19N3O2/c1-15(2)11-7-6-10(9-13-11)14-12(17)5-3-4-8-16/h6-7,9,16H,3-5,8H2,1-2H3,(H,14,17). The number of aromatic nitrogens is 1. The molecule has 1 heterocycles. The van der Waals surface area contributed by atoms with Gasteiger partial charge in [-0.3, -0.25) is 4.79 Å². The molecule has 0 unspecified atom stereocenters. The van der Waals surface area contributed by atoms with Crippen LogP contribution in [0.1, 0.15) is 19.3 Å². The first-order chi connectivity index (χ1) is 8.13. The van der Waals surface area contributed by atoms with E-state index >= 15 is 0 Å². The summed E-state index contributed by atoms with van der Waals surface area (Å²) in [6, 6.07) is 3.68. The summed E-state index contributed by atoms with van der Waals surface area (Å²) in [5, 5.41) is 11.4. The van der Waals surface area contributed by atoms with E-state index in [1.165, 1.54) is 0 Å². The first kappa shape index (κ1) is 13.4. The number of pyridine rings is 1. The van der Waals surface area contributed by atoms with E-state index in [9.17, 15) is 4.79 Å². The largest absolute Gasteiger partial charge is 0.396 e. The quantitative estimate of drug-likeness (QED) is 0.731. The van der Waals surface area contributed by atoms with Crippen LogP contribution in [0.25, 0.3) is 0 Å². The first-order valence-corrected chi connectivity index (χ1v) is 5.67. The van der Waals surface area contributed by atoms with Gasteiger partial charge in [0, 0.05) is 27.1 Å². The number of carbonyl (C=O) groups is 1. The lowest BCUT2D eigenvalue weighted by Crippen LogP contribution is -2.13. The predicted molar refractivity (Wildman–Crippen MR) is 68.1 cm³/mol. The van der Waals surface area contributed by atoms with Crippen molar-refractivity contribution >= 4 is 17.4 Å². The second-order valence-corrected chi connectivity index (χ2v) is 4.03. The minimum absolute atomic E-state index is 0.0437. The lowest BCUT2D eigenvalue weighted by Gasteiger charge is -2.11. The van der Waals surface area contributed by atoms with E-state index in [0.717, 1.165) is 5.82 Å². The minimum Gasteiger partial charge on any atom is -0.396 e. The van der Waals surface area contributed by atoms with Crippen LogP contribution < -0.4 is 10.2 Å². The highest BCUT2D eigenvalue weighted by Crippen LogP contribution is 2.12. The van der Waals surface area contributed by atoms with Gasteiger partial charge in [-0.15, -0.1) is 0 Å². The van der Waals surface area contributed by atoms with Crippen molar-refractivity contribution in [3.63, 3.8) is 0 Å². The summed E-state index contributed by atoms with van der Waals surface area (Å²) in [4.78, 5) is 17.6. The van der Waals surface area contributed by atoms with Crippen LogP contribution in [0.5, 0.6) is 0 Å². The molecule has 5 heteroatoms. The molecule has 0 saturated heterocycles. The number of aliphatic hydroxyl groups excluding tert-OH is 1. The molecule has 2 N–H and O–H groups in total. The van der Waals surface area contributed by atoms with Crippen LogP contribution in [0.15, 0.2) is 18.3 Å². The van der Waals surface area contributed by atoms with Crippen LogP contribution in [-0.4, -0.2) is 36.7 Å². The van der Waals surface area contributed by atoms with Gasteiger partial charge in [-0.25, -0.2) is 4.98 Å². The predicted octanol–water partition coefficient (Wildman–Crippen LogP) is 1.25. The van der Waals surface area contributed by atoms with Gasteiger partial charge in [0.15, 0.2) is 0 Å². The number of anilines is 2. The summed E-state index contributed by atoms with van der Waals surface area (Å²) in [7, 11) is 3.82. The van der Waals surface area contributed by atoms with Crippen LogP contribution in [-0.2, 0) is 4.79 Å². The van der Waals surface area contributed by atoms with E-state index in [1.807, 2.05) is 31.1 Å². The van der Waals surface area contributed by atoms with Crippen molar-refractivity contribution in [3.8, 4) is 0 Å². The van der Waals surface area contributed by atoms with E-state index in [2.05, 4.69) is 10.3 Å². The Bertz CT molecular complexity index is 349. The van der Waals surface area contributed by atoms with Crippen LogP contribution in [0.4, 0.5) is 11.5 Å². The molecule has 5 nitrogen and oxygen atoms in total. The SMILES string of the molecule is CN(C)c1ccc(NC(=O)CCCCO)cn1. The van der Waals surface area contributed by atoms with Gasteiger partial charge in [0.1, 0.15) is 5.82 Å². The third kappa shape index (κ3) is 4.82. The second kappa shape index (κ2) is 6.85. The number of amides is 1. The summed E-state index contributed by atoms with van der Waals surface area (Å²) in [5.74, 6) is 0.807. The number of aliphatic hydroxyl groups is 1. The summed E-state index contributed by atoms with van der Waals surface area (Å²) in [6.45, 7) is 0.131. The second-order valence-electron chi connectivity index (χ2n) is 4.03. The number of nitrogens with one attached hydrogen (secondary N) is 1. The lowest BCUT2D eigenvalue weighted by atomic mass is 10.2. The molecule has 1 aromatic heterocycles. The zero-order chi connectivity index (χ0) is 12.7. The molecule has 0 radical (unpaired) electrons. The molecule has 0 bridgehead atoms. The Balaban J connectivity index is 2.43. The van der Waals surface area contributed by atoms with Crippen molar-refractivity contribution in [3.05, 3.63) is 18.3 Å². The van der Waals surface area contributed by atoms with Gasteiger partial charge in [0.05, 0.1) is 11.9 Å². The average Bonchev–Trinajstić information content (AvgIpc) is 2.30. The Morgan fingerprint density at radius 3 is 2.71 bits per heavy atom. The highest BCUT2D eigenvalue weighted by molar-refractivity contribution is 5.90. The fourth-order valence-corrected chi connectivity index (χ4v) is 1.35. The van der Waals surface area contributed by atoms with E-state index in [4.69, 9.17) is 5.11 Å². The third-order valence-electron chi connectivity index (χ3n) is 2.30. The molecule has 1 amide bonds. The number of rotatable bonds is 6. The van der Waals surface area contributed by atoms with Crippen molar-refractivity contribution in [1.29, 1.82) is 0 Å². The molecule has 0 atom stereocenters.